The molecule has 104 valence electrons. The highest BCUT2D eigenvalue weighted by atomic mass is 16.2. The minimum atomic E-state index is -0.0379. The van der Waals surface area contributed by atoms with Crippen molar-refractivity contribution >= 4 is 11.6 Å². The summed E-state index contributed by atoms with van der Waals surface area (Å²) in [5, 5.41) is 2.72. The average Bonchev–Trinajstić information content (AvgIpc) is 2.46. The van der Waals surface area contributed by atoms with Crippen LogP contribution in [0, 0.1) is 6.92 Å². The van der Waals surface area contributed by atoms with Crippen molar-refractivity contribution in [3.8, 4) is 0 Å². The molecule has 4 nitrogen and oxygen atoms in total. The molecular formula is C15H23N3O. The molecule has 1 heterocycles. The second-order valence-corrected chi connectivity index (χ2v) is 5.10. The zero-order valence-electron chi connectivity index (χ0n) is 12.0. The summed E-state index contributed by atoms with van der Waals surface area (Å²) in [5.74, 6) is 0.101. The summed E-state index contributed by atoms with van der Waals surface area (Å²) in [4.78, 5) is 16.3. The van der Waals surface area contributed by atoms with Gasteiger partial charge in [-0.3, -0.25) is 9.69 Å². The maximum atomic E-state index is 11.7. The first-order valence-corrected chi connectivity index (χ1v) is 6.89. The third kappa shape index (κ3) is 3.07. The molecule has 19 heavy (non-hydrogen) atoms. The topological polar surface area (TPSA) is 35.6 Å². The third-order valence-electron chi connectivity index (χ3n) is 3.94. The molecule has 0 aromatic heterocycles. The molecular weight excluding hydrogens is 238 g/mol. The van der Waals surface area contributed by atoms with Gasteiger partial charge < -0.3 is 10.2 Å². The molecule has 1 aromatic rings. The number of likely N-dealkylation sites (N-methyl/N-ethyl adjacent to an activating group) is 1. The Morgan fingerprint density at radius 3 is 2.42 bits per heavy atom. The summed E-state index contributed by atoms with van der Waals surface area (Å²) >= 11 is 0. The van der Waals surface area contributed by atoms with E-state index >= 15 is 0 Å². The highest BCUT2D eigenvalue weighted by Gasteiger charge is 2.25. The number of benzene rings is 1. The Labute approximate surface area is 115 Å². The minimum absolute atomic E-state index is 0.0379. The Balaban J connectivity index is 1.96. The number of para-hydroxylation sites is 1. The number of amides is 1. The summed E-state index contributed by atoms with van der Waals surface area (Å²) in [5.41, 5.74) is 2.63. The molecule has 0 spiro atoms. The van der Waals surface area contributed by atoms with E-state index in [9.17, 15) is 4.79 Å². The summed E-state index contributed by atoms with van der Waals surface area (Å²) in [7, 11) is 1.70. The van der Waals surface area contributed by atoms with Crippen molar-refractivity contribution in [3.05, 3.63) is 29.8 Å². The lowest BCUT2D eigenvalue weighted by molar-refractivity contribution is -0.125. The summed E-state index contributed by atoms with van der Waals surface area (Å²) in [6, 6.07) is 8.44. The number of carbonyl (C=O) groups is 1. The van der Waals surface area contributed by atoms with Gasteiger partial charge in [-0.25, -0.2) is 0 Å². The normalized spacial score (nSPS) is 18.2. The van der Waals surface area contributed by atoms with Crippen LogP contribution < -0.4 is 10.2 Å². The van der Waals surface area contributed by atoms with Crippen molar-refractivity contribution in [2.24, 2.45) is 0 Å². The summed E-state index contributed by atoms with van der Waals surface area (Å²) in [6.45, 7) is 7.95. The van der Waals surface area contributed by atoms with E-state index < -0.39 is 0 Å². The Hall–Kier alpha value is -1.55. The molecule has 0 unspecified atom stereocenters. The van der Waals surface area contributed by atoms with Crippen LogP contribution in [0.1, 0.15) is 12.5 Å². The van der Waals surface area contributed by atoms with Gasteiger partial charge in [0.1, 0.15) is 0 Å². The van der Waals surface area contributed by atoms with Gasteiger partial charge in [0.15, 0.2) is 0 Å². The molecule has 1 aliphatic rings. The number of hydrogen-bond donors (Lipinski definition) is 1. The summed E-state index contributed by atoms with van der Waals surface area (Å²) in [6.07, 6.45) is 0. The fraction of sp³-hybridized carbons (Fsp3) is 0.533. The number of nitrogens with zero attached hydrogens (tertiary/aromatic N) is 2. The number of hydrogen-bond acceptors (Lipinski definition) is 3. The highest BCUT2D eigenvalue weighted by Crippen LogP contribution is 2.21. The molecule has 1 amide bonds. The Morgan fingerprint density at radius 2 is 1.84 bits per heavy atom. The molecule has 0 bridgehead atoms. The Bertz CT molecular complexity index is 439. The number of rotatable bonds is 3. The van der Waals surface area contributed by atoms with Crippen LogP contribution in [0.15, 0.2) is 24.3 Å². The van der Waals surface area contributed by atoms with Gasteiger partial charge in [-0.15, -0.1) is 0 Å². The largest absolute Gasteiger partial charge is 0.369 e. The first kappa shape index (κ1) is 13.9. The van der Waals surface area contributed by atoms with Crippen LogP contribution in [-0.2, 0) is 4.79 Å². The van der Waals surface area contributed by atoms with Crippen molar-refractivity contribution in [1.29, 1.82) is 0 Å². The quantitative estimate of drug-likeness (QED) is 0.889. The zero-order chi connectivity index (χ0) is 13.8. The van der Waals surface area contributed by atoms with Gasteiger partial charge in [0.25, 0.3) is 0 Å². The molecule has 1 aliphatic heterocycles. The Morgan fingerprint density at radius 1 is 1.21 bits per heavy atom. The van der Waals surface area contributed by atoms with Crippen LogP contribution in [-0.4, -0.2) is 50.1 Å². The number of piperazine rings is 1. The lowest BCUT2D eigenvalue weighted by Crippen LogP contribution is -2.53. The molecule has 1 saturated heterocycles. The second-order valence-electron chi connectivity index (χ2n) is 5.10. The smallest absolute Gasteiger partial charge is 0.236 e. The van der Waals surface area contributed by atoms with Crippen LogP contribution in [0.5, 0.6) is 0 Å². The summed E-state index contributed by atoms with van der Waals surface area (Å²) < 4.78 is 0. The molecule has 1 fully saturated rings. The monoisotopic (exact) mass is 261 g/mol. The SMILES string of the molecule is CNC(=O)[C@H](C)N1CCN(c2ccccc2C)CC1. The van der Waals surface area contributed by atoms with Crippen molar-refractivity contribution < 1.29 is 4.79 Å². The molecule has 2 rings (SSSR count). The van der Waals surface area contributed by atoms with Gasteiger partial charge >= 0.3 is 0 Å². The van der Waals surface area contributed by atoms with Gasteiger partial charge in [-0.05, 0) is 25.5 Å². The lowest BCUT2D eigenvalue weighted by Gasteiger charge is -2.39. The zero-order valence-corrected chi connectivity index (χ0v) is 12.0. The maximum Gasteiger partial charge on any atom is 0.236 e. The molecule has 0 radical (unpaired) electrons. The van der Waals surface area contributed by atoms with E-state index in [0.29, 0.717) is 0 Å². The molecule has 0 aliphatic carbocycles. The fourth-order valence-electron chi connectivity index (χ4n) is 2.64. The first-order chi connectivity index (χ1) is 9.13. The Kier molecular flexibility index (Phi) is 4.43. The van der Waals surface area contributed by atoms with E-state index in [-0.39, 0.29) is 11.9 Å². The lowest BCUT2D eigenvalue weighted by atomic mass is 10.1. The standard InChI is InChI=1S/C15H23N3O/c1-12-6-4-5-7-14(12)18-10-8-17(9-11-18)13(2)15(19)16-3/h4-7,13H,8-11H2,1-3H3,(H,16,19)/t13-/m0/s1. The van der Waals surface area contributed by atoms with Gasteiger partial charge in [-0.1, -0.05) is 18.2 Å². The molecule has 1 atom stereocenters. The third-order valence-corrected chi connectivity index (χ3v) is 3.94. The van der Waals surface area contributed by atoms with Crippen LogP contribution in [0.2, 0.25) is 0 Å². The fourth-order valence-corrected chi connectivity index (χ4v) is 2.64. The van der Waals surface area contributed by atoms with Gasteiger partial charge in [0.2, 0.25) is 5.91 Å². The van der Waals surface area contributed by atoms with Crippen molar-refractivity contribution in [2.45, 2.75) is 19.9 Å². The number of anilines is 1. The molecule has 1 N–H and O–H groups in total. The molecule has 4 heteroatoms. The molecule has 0 saturated carbocycles. The van der Waals surface area contributed by atoms with Crippen molar-refractivity contribution in [3.63, 3.8) is 0 Å². The number of carbonyl (C=O) groups excluding carboxylic acids is 1. The highest BCUT2D eigenvalue weighted by molar-refractivity contribution is 5.81. The van der Waals surface area contributed by atoms with E-state index in [1.165, 1.54) is 11.3 Å². The van der Waals surface area contributed by atoms with Crippen LogP contribution in [0.25, 0.3) is 0 Å². The van der Waals surface area contributed by atoms with Crippen LogP contribution in [0.3, 0.4) is 0 Å². The van der Waals surface area contributed by atoms with E-state index in [1.807, 2.05) is 6.92 Å². The van der Waals surface area contributed by atoms with Gasteiger partial charge in [0.05, 0.1) is 6.04 Å². The van der Waals surface area contributed by atoms with E-state index in [2.05, 4.69) is 46.3 Å². The van der Waals surface area contributed by atoms with E-state index in [0.717, 1.165) is 26.2 Å². The van der Waals surface area contributed by atoms with Gasteiger partial charge in [0, 0.05) is 38.9 Å². The number of nitrogens with one attached hydrogen (secondary N) is 1. The van der Waals surface area contributed by atoms with Crippen molar-refractivity contribution in [1.82, 2.24) is 10.2 Å². The van der Waals surface area contributed by atoms with E-state index in [4.69, 9.17) is 0 Å². The van der Waals surface area contributed by atoms with E-state index in [1.54, 1.807) is 7.05 Å². The van der Waals surface area contributed by atoms with Gasteiger partial charge in [-0.2, -0.15) is 0 Å². The minimum Gasteiger partial charge on any atom is -0.369 e. The second kappa shape index (κ2) is 6.06. The molecule has 1 aromatic carbocycles. The van der Waals surface area contributed by atoms with Crippen molar-refractivity contribution in [2.75, 3.05) is 38.1 Å². The first-order valence-electron chi connectivity index (χ1n) is 6.89. The predicted molar refractivity (Wildman–Crippen MR) is 78.5 cm³/mol. The maximum absolute atomic E-state index is 11.7. The average molecular weight is 261 g/mol. The van der Waals surface area contributed by atoms with Crippen LogP contribution >= 0.6 is 0 Å². The number of aryl methyl sites for hydroxylation is 1. The van der Waals surface area contributed by atoms with Crippen LogP contribution in [0.4, 0.5) is 5.69 Å². The predicted octanol–water partition coefficient (Wildman–Crippen LogP) is 1.25.